The van der Waals surface area contributed by atoms with Crippen molar-refractivity contribution in [3.05, 3.63) is 23.3 Å². The predicted molar refractivity (Wildman–Crippen MR) is 55.0 cm³/mol. The Bertz CT molecular complexity index is 370. The fourth-order valence-corrected chi connectivity index (χ4v) is 2.05. The molecule has 0 saturated carbocycles. The Labute approximate surface area is 86.2 Å². The van der Waals surface area contributed by atoms with Gasteiger partial charge in [-0.25, -0.2) is 8.42 Å². The molecule has 0 spiro atoms. The lowest BCUT2D eigenvalue weighted by atomic mass is 10.3. The summed E-state index contributed by atoms with van der Waals surface area (Å²) in [5, 5.41) is -0.591. The van der Waals surface area contributed by atoms with Crippen molar-refractivity contribution < 1.29 is 8.42 Å². The SMILES string of the molecule is O=S(=O)(Cl)C1C=CC/N=C\C(Cl)=C/1. The van der Waals surface area contributed by atoms with E-state index < -0.39 is 14.3 Å². The second-order valence-electron chi connectivity index (χ2n) is 2.41. The maximum atomic E-state index is 11.0. The van der Waals surface area contributed by atoms with Crippen molar-refractivity contribution >= 4 is 37.5 Å². The average molecular weight is 240 g/mol. The van der Waals surface area contributed by atoms with Crippen LogP contribution in [0.4, 0.5) is 0 Å². The molecule has 72 valence electrons. The van der Waals surface area contributed by atoms with E-state index in [4.69, 9.17) is 22.3 Å². The summed E-state index contributed by atoms with van der Waals surface area (Å²) < 4.78 is 21.9. The zero-order valence-corrected chi connectivity index (χ0v) is 8.85. The quantitative estimate of drug-likeness (QED) is 0.517. The van der Waals surface area contributed by atoms with Crippen LogP contribution in [-0.4, -0.2) is 26.4 Å². The van der Waals surface area contributed by atoms with E-state index in [2.05, 4.69) is 4.99 Å². The molecule has 3 nitrogen and oxygen atoms in total. The van der Waals surface area contributed by atoms with E-state index in [0.717, 1.165) is 0 Å². The molecule has 0 bridgehead atoms. The van der Waals surface area contributed by atoms with Gasteiger partial charge in [-0.15, -0.1) is 0 Å². The highest BCUT2D eigenvalue weighted by Gasteiger charge is 2.18. The van der Waals surface area contributed by atoms with Crippen molar-refractivity contribution in [1.29, 1.82) is 0 Å². The van der Waals surface area contributed by atoms with Crippen LogP contribution >= 0.6 is 22.3 Å². The van der Waals surface area contributed by atoms with E-state index in [-0.39, 0.29) is 5.03 Å². The first-order valence-electron chi connectivity index (χ1n) is 3.47. The fourth-order valence-electron chi connectivity index (χ4n) is 0.826. The molecule has 0 N–H and O–H groups in total. The third kappa shape index (κ3) is 3.50. The normalized spacial score (nSPS) is 30.0. The van der Waals surface area contributed by atoms with Crippen LogP contribution in [0, 0.1) is 0 Å². The summed E-state index contributed by atoms with van der Waals surface area (Å²) in [6.45, 7) is 0.410. The Morgan fingerprint density at radius 3 is 2.85 bits per heavy atom. The molecule has 0 aliphatic carbocycles. The summed E-state index contributed by atoms with van der Waals surface area (Å²) in [5.41, 5.74) is 0. The first-order valence-corrected chi connectivity index (χ1v) is 6.22. The third-order valence-electron chi connectivity index (χ3n) is 1.40. The molecule has 0 amide bonds. The van der Waals surface area contributed by atoms with Gasteiger partial charge in [0.1, 0.15) is 5.25 Å². The van der Waals surface area contributed by atoms with E-state index in [9.17, 15) is 8.42 Å². The molecule has 13 heavy (non-hydrogen) atoms. The number of allylic oxidation sites excluding steroid dienone is 1. The van der Waals surface area contributed by atoms with Crippen molar-refractivity contribution in [2.75, 3.05) is 6.54 Å². The van der Waals surface area contributed by atoms with E-state index in [1.54, 1.807) is 6.08 Å². The van der Waals surface area contributed by atoms with Crippen molar-refractivity contribution in [3.63, 3.8) is 0 Å². The van der Waals surface area contributed by atoms with Gasteiger partial charge in [0, 0.05) is 16.9 Å². The second kappa shape index (κ2) is 4.26. The lowest BCUT2D eigenvalue weighted by Crippen LogP contribution is -2.11. The van der Waals surface area contributed by atoms with Crippen LogP contribution in [0.2, 0.25) is 0 Å². The molecule has 0 saturated heterocycles. The molecule has 0 aromatic rings. The van der Waals surface area contributed by atoms with Crippen LogP contribution in [0.15, 0.2) is 28.3 Å². The van der Waals surface area contributed by atoms with Crippen LogP contribution < -0.4 is 0 Å². The number of hydrogen-bond donors (Lipinski definition) is 0. The van der Waals surface area contributed by atoms with E-state index >= 15 is 0 Å². The molecule has 0 fully saturated rings. The smallest absolute Gasteiger partial charge is 0.242 e. The lowest BCUT2D eigenvalue weighted by molar-refractivity contribution is 0.607. The number of hydrogen-bond acceptors (Lipinski definition) is 3. The van der Waals surface area contributed by atoms with Gasteiger partial charge in [0.25, 0.3) is 0 Å². The highest BCUT2D eigenvalue weighted by Crippen LogP contribution is 2.15. The Morgan fingerprint density at radius 2 is 2.23 bits per heavy atom. The van der Waals surface area contributed by atoms with Gasteiger partial charge in [-0.2, -0.15) is 0 Å². The van der Waals surface area contributed by atoms with Crippen LogP contribution in [0.3, 0.4) is 0 Å². The zero-order chi connectivity index (χ0) is 9.90. The van der Waals surface area contributed by atoms with Crippen LogP contribution in [0.25, 0.3) is 0 Å². The van der Waals surface area contributed by atoms with Gasteiger partial charge in [0.15, 0.2) is 0 Å². The first-order chi connectivity index (χ1) is 6.00. The number of nitrogens with zero attached hydrogens (tertiary/aromatic N) is 1. The molecule has 0 aromatic heterocycles. The summed E-state index contributed by atoms with van der Waals surface area (Å²) in [7, 11) is 1.54. The minimum absolute atomic E-state index is 0.276. The molecule has 0 aromatic carbocycles. The van der Waals surface area contributed by atoms with Gasteiger partial charge in [-0.1, -0.05) is 23.8 Å². The minimum atomic E-state index is -3.64. The monoisotopic (exact) mass is 239 g/mol. The highest BCUT2D eigenvalue weighted by atomic mass is 35.7. The molecule has 1 heterocycles. The summed E-state index contributed by atoms with van der Waals surface area (Å²) in [4.78, 5) is 3.88. The van der Waals surface area contributed by atoms with Gasteiger partial charge in [-0.05, 0) is 6.08 Å². The molecule has 1 atom stereocenters. The summed E-state index contributed by atoms with van der Waals surface area (Å²) in [5.74, 6) is 0. The molecular weight excluding hydrogens is 233 g/mol. The van der Waals surface area contributed by atoms with Crippen molar-refractivity contribution in [3.8, 4) is 0 Å². The van der Waals surface area contributed by atoms with E-state index in [1.807, 2.05) is 0 Å². The van der Waals surface area contributed by atoms with Gasteiger partial charge in [-0.3, -0.25) is 4.99 Å². The first kappa shape index (κ1) is 10.8. The summed E-state index contributed by atoms with van der Waals surface area (Å²) >= 11 is 5.65. The molecule has 1 unspecified atom stereocenters. The molecular formula is C7H7Cl2NO2S. The molecule has 1 aliphatic heterocycles. The summed E-state index contributed by atoms with van der Waals surface area (Å²) in [6.07, 6.45) is 5.82. The number of halogens is 2. The van der Waals surface area contributed by atoms with Crippen molar-refractivity contribution in [2.45, 2.75) is 5.25 Å². The Kier molecular flexibility index (Phi) is 3.53. The highest BCUT2D eigenvalue weighted by molar-refractivity contribution is 8.14. The second-order valence-corrected chi connectivity index (χ2v) is 5.64. The van der Waals surface area contributed by atoms with Gasteiger partial charge in [0.05, 0.1) is 11.6 Å². The maximum Gasteiger partial charge on any atom is 0.242 e. The van der Waals surface area contributed by atoms with Gasteiger partial charge < -0.3 is 0 Å². The van der Waals surface area contributed by atoms with Gasteiger partial charge >= 0.3 is 0 Å². The summed E-state index contributed by atoms with van der Waals surface area (Å²) in [6, 6.07) is 0. The van der Waals surface area contributed by atoms with Crippen LogP contribution in [0.1, 0.15) is 0 Å². The number of aliphatic imine (C=N–C) groups is 1. The Hall–Kier alpha value is -0.320. The third-order valence-corrected chi connectivity index (χ3v) is 3.18. The zero-order valence-electron chi connectivity index (χ0n) is 6.52. The average Bonchev–Trinajstić information content (AvgIpc) is 1.94. The fraction of sp³-hybridized carbons (Fsp3) is 0.286. The largest absolute Gasteiger partial charge is 0.288 e. The minimum Gasteiger partial charge on any atom is -0.288 e. The Morgan fingerprint density at radius 1 is 1.54 bits per heavy atom. The van der Waals surface area contributed by atoms with E-state index in [1.165, 1.54) is 18.4 Å². The molecule has 6 heteroatoms. The standard InChI is InChI=1S/C7H7Cl2NO2S/c8-6-4-7(13(9,11)12)2-1-3-10-5-6/h1-2,4-5,7H,3H2/b2-1?,6-4+,10-5-. The maximum absolute atomic E-state index is 11.0. The number of rotatable bonds is 1. The van der Waals surface area contributed by atoms with Crippen LogP contribution in [0.5, 0.6) is 0 Å². The Balaban J connectivity index is 3.04. The molecule has 1 aliphatic rings. The van der Waals surface area contributed by atoms with Gasteiger partial charge in [0.2, 0.25) is 9.05 Å². The van der Waals surface area contributed by atoms with Crippen molar-refractivity contribution in [2.24, 2.45) is 4.99 Å². The molecule has 1 rings (SSSR count). The van der Waals surface area contributed by atoms with E-state index in [0.29, 0.717) is 6.54 Å². The molecule has 0 radical (unpaired) electrons. The predicted octanol–water partition coefficient (Wildman–Crippen LogP) is 1.69. The lowest BCUT2D eigenvalue weighted by Gasteiger charge is -2.04. The van der Waals surface area contributed by atoms with Crippen molar-refractivity contribution in [1.82, 2.24) is 0 Å². The topological polar surface area (TPSA) is 46.5 Å². The van der Waals surface area contributed by atoms with Crippen LogP contribution in [-0.2, 0) is 9.05 Å².